The monoisotopic (exact) mass is 335 g/mol. The molecule has 0 aliphatic rings. The first-order chi connectivity index (χ1) is 11.3. The summed E-state index contributed by atoms with van der Waals surface area (Å²) in [5.74, 6) is 1.71. The predicted molar refractivity (Wildman–Crippen MR) is 101 cm³/mol. The van der Waals surface area contributed by atoms with Gasteiger partial charge in [0.25, 0.3) is 0 Å². The fourth-order valence-corrected chi connectivity index (χ4v) is 2.48. The molecular weight excluding hydrogens is 302 g/mol. The van der Waals surface area contributed by atoms with Gasteiger partial charge in [-0.25, -0.2) is 4.99 Å². The van der Waals surface area contributed by atoms with Gasteiger partial charge in [0.2, 0.25) is 0 Å². The minimum atomic E-state index is 0.0756. The molecule has 136 valence electrons. The summed E-state index contributed by atoms with van der Waals surface area (Å²) in [5, 5.41) is 6.65. The van der Waals surface area contributed by atoms with Crippen LogP contribution in [0.15, 0.2) is 23.2 Å². The van der Waals surface area contributed by atoms with Crippen LogP contribution in [-0.2, 0) is 11.3 Å². The molecule has 1 atom stereocenters. The van der Waals surface area contributed by atoms with E-state index >= 15 is 0 Å². The van der Waals surface area contributed by atoms with Gasteiger partial charge < -0.3 is 20.1 Å². The van der Waals surface area contributed by atoms with E-state index < -0.39 is 0 Å². The number of guanidine groups is 1. The number of hydrogen-bond donors (Lipinski definition) is 2. The maximum absolute atomic E-state index is 5.59. The van der Waals surface area contributed by atoms with E-state index in [4.69, 9.17) is 9.47 Å². The van der Waals surface area contributed by atoms with E-state index in [1.165, 1.54) is 0 Å². The Morgan fingerprint density at radius 3 is 2.42 bits per heavy atom. The molecule has 1 aromatic carbocycles. The van der Waals surface area contributed by atoms with Gasteiger partial charge in [0.15, 0.2) is 5.96 Å². The zero-order valence-electron chi connectivity index (χ0n) is 16.2. The van der Waals surface area contributed by atoms with Crippen LogP contribution in [0.5, 0.6) is 5.75 Å². The molecule has 5 nitrogen and oxygen atoms in total. The summed E-state index contributed by atoms with van der Waals surface area (Å²) in [6, 6.07) is 6.14. The van der Waals surface area contributed by atoms with Gasteiger partial charge in [0.1, 0.15) is 5.75 Å². The first-order valence-electron chi connectivity index (χ1n) is 8.50. The van der Waals surface area contributed by atoms with E-state index in [2.05, 4.69) is 49.4 Å². The maximum atomic E-state index is 5.59. The molecule has 0 saturated heterocycles. The van der Waals surface area contributed by atoms with Crippen LogP contribution in [0.4, 0.5) is 0 Å². The third-order valence-corrected chi connectivity index (χ3v) is 3.93. The smallest absolute Gasteiger partial charge is 0.191 e. The Morgan fingerprint density at radius 2 is 1.92 bits per heavy atom. The van der Waals surface area contributed by atoms with Crippen molar-refractivity contribution in [2.45, 2.75) is 47.3 Å². The van der Waals surface area contributed by atoms with Crippen molar-refractivity contribution in [3.8, 4) is 5.75 Å². The van der Waals surface area contributed by atoms with Gasteiger partial charge in [0, 0.05) is 20.2 Å². The zero-order valence-corrected chi connectivity index (χ0v) is 16.2. The molecule has 0 bridgehead atoms. The Kier molecular flexibility index (Phi) is 8.05. The lowest BCUT2D eigenvalue weighted by atomic mass is 9.89. The van der Waals surface area contributed by atoms with E-state index in [0.29, 0.717) is 13.1 Å². The van der Waals surface area contributed by atoms with Crippen LogP contribution in [0, 0.1) is 12.3 Å². The summed E-state index contributed by atoms with van der Waals surface area (Å²) in [4.78, 5) is 4.67. The summed E-state index contributed by atoms with van der Waals surface area (Å²) in [7, 11) is 3.44. The highest BCUT2D eigenvalue weighted by molar-refractivity contribution is 5.79. The molecule has 24 heavy (non-hydrogen) atoms. The molecule has 1 rings (SSSR count). The minimum Gasteiger partial charge on any atom is -0.496 e. The number of nitrogens with one attached hydrogen (secondary N) is 2. The standard InChI is InChI=1S/C19H33N3O2/c1-8-20-18(22-13-17(24-7)19(3,4)5)21-12-15-9-10-16(23-6)14(2)11-15/h9-11,17H,8,12-13H2,1-7H3,(H2,20,21,22). The largest absolute Gasteiger partial charge is 0.496 e. The van der Waals surface area contributed by atoms with Crippen molar-refractivity contribution in [2.75, 3.05) is 27.3 Å². The third-order valence-electron chi connectivity index (χ3n) is 3.93. The molecular formula is C19H33N3O2. The number of hydrogen-bond acceptors (Lipinski definition) is 3. The second kappa shape index (κ2) is 9.52. The van der Waals surface area contributed by atoms with Gasteiger partial charge in [-0.1, -0.05) is 32.9 Å². The molecule has 0 saturated carbocycles. The summed E-state index contributed by atoms with van der Waals surface area (Å²) in [6.45, 7) is 12.8. The predicted octanol–water partition coefficient (Wildman–Crippen LogP) is 3.12. The van der Waals surface area contributed by atoms with Crippen LogP contribution in [0.2, 0.25) is 0 Å². The van der Waals surface area contributed by atoms with Crippen molar-refractivity contribution in [3.63, 3.8) is 0 Å². The summed E-state index contributed by atoms with van der Waals surface area (Å²) < 4.78 is 10.9. The number of methoxy groups -OCH3 is 2. The number of aryl methyl sites for hydroxylation is 1. The number of ether oxygens (including phenoxy) is 2. The Bertz CT molecular complexity index is 536. The first-order valence-corrected chi connectivity index (χ1v) is 8.50. The number of nitrogens with zero attached hydrogens (tertiary/aromatic N) is 1. The van der Waals surface area contributed by atoms with Gasteiger partial charge in [-0.15, -0.1) is 0 Å². The zero-order chi connectivity index (χ0) is 18.2. The first kappa shape index (κ1) is 20.3. The van der Waals surface area contributed by atoms with Gasteiger partial charge in [-0.2, -0.15) is 0 Å². The summed E-state index contributed by atoms with van der Waals surface area (Å²) in [5.41, 5.74) is 2.35. The topological polar surface area (TPSA) is 54.9 Å². The van der Waals surface area contributed by atoms with Gasteiger partial charge in [0.05, 0.1) is 19.8 Å². The summed E-state index contributed by atoms with van der Waals surface area (Å²) in [6.07, 6.45) is 0.115. The van der Waals surface area contributed by atoms with Crippen molar-refractivity contribution < 1.29 is 9.47 Å². The Labute approximate surface area is 146 Å². The van der Waals surface area contributed by atoms with Crippen molar-refractivity contribution >= 4 is 5.96 Å². The Balaban J connectivity index is 2.73. The molecule has 0 radical (unpaired) electrons. The second-order valence-electron chi connectivity index (χ2n) is 6.97. The molecule has 0 fully saturated rings. The molecule has 1 unspecified atom stereocenters. The molecule has 0 heterocycles. The fraction of sp³-hybridized carbons (Fsp3) is 0.632. The maximum Gasteiger partial charge on any atom is 0.191 e. The normalized spacial score (nSPS) is 13.5. The molecule has 0 amide bonds. The molecule has 0 aliphatic carbocycles. The van der Waals surface area contributed by atoms with Crippen molar-refractivity contribution in [2.24, 2.45) is 10.4 Å². The van der Waals surface area contributed by atoms with Crippen LogP contribution in [0.3, 0.4) is 0 Å². The van der Waals surface area contributed by atoms with Crippen molar-refractivity contribution in [3.05, 3.63) is 29.3 Å². The molecule has 2 N–H and O–H groups in total. The average Bonchev–Trinajstić information content (AvgIpc) is 2.51. The van der Waals surface area contributed by atoms with E-state index in [-0.39, 0.29) is 11.5 Å². The van der Waals surface area contributed by atoms with Crippen LogP contribution in [0.25, 0.3) is 0 Å². The van der Waals surface area contributed by atoms with E-state index in [1.807, 2.05) is 19.1 Å². The number of aliphatic imine (C=N–C) groups is 1. The van der Waals surface area contributed by atoms with Crippen LogP contribution in [0.1, 0.15) is 38.8 Å². The van der Waals surface area contributed by atoms with Crippen LogP contribution < -0.4 is 15.4 Å². The van der Waals surface area contributed by atoms with E-state index in [1.54, 1.807) is 14.2 Å². The van der Waals surface area contributed by atoms with Crippen molar-refractivity contribution in [1.82, 2.24) is 10.6 Å². The SMILES string of the molecule is CCNC(=NCc1ccc(OC)c(C)c1)NCC(OC)C(C)(C)C. The minimum absolute atomic E-state index is 0.0756. The third kappa shape index (κ3) is 6.40. The molecule has 1 aromatic rings. The highest BCUT2D eigenvalue weighted by Gasteiger charge is 2.24. The Hall–Kier alpha value is -1.75. The van der Waals surface area contributed by atoms with E-state index in [9.17, 15) is 0 Å². The fourth-order valence-electron chi connectivity index (χ4n) is 2.48. The van der Waals surface area contributed by atoms with Gasteiger partial charge in [-0.05, 0) is 36.5 Å². The molecule has 0 aromatic heterocycles. The second-order valence-corrected chi connectivity index (χ2v) is 6.97. The lowest BCUT2D eigenvalue weighted by molar-refractivity contribution is 0.0205. The number of benzene rings is 1. The Morgan fingerprint density at radius 1 is 1.21 bits per heavy atom. The quantitative estimate of drug-likeness (QED) is 0.594. The lowest BCUT2D eigenvalue weighted by Gasteiger charge is -2.30. The average molecular weight is 335 g/mol. The molecule has 5 heteroatoms. The summed E-state index contributed by atoms with van der Waals surface area (Å²) >= 11 is 0. The highest BCUT2D eigenvalue weighted by Crippen LogP contribution is 2.21. The van der Waals surface area contributed by atoms with Crippen LogP contribution >= 0.6 is 0 Å². The van der Waals surface area contributed by atoms with Gasteiger partial charge >= 0.3 is 0 Å². The van der Waals surface area contributed by atoms with Crippen LogP contribution in [-0.4, -0.2) is 39.4 Å². The lowest BCUT2D eigenvalue weighted by Crippen LogP contribution is -2.45. The highest BCUT2D eigenvalue weighted by atomic mass is 16.5. The molecule has 0 spiro atoms. The van der Waals surface area contributed by atoms with Gasteiger partial charge in [-0.3, -0.25) is 0 Å². The number of rotatable bonds is 7. The van der Waals surface area contributed by atoms with E-state index in [0.717, 1.165) is 29.4 Å². The molecule has 0 aliphatic heterocycles. The van der Waals surface area contributed by atoms with Crippen molar-refractivity contribution in [1.29, 1.82) is 0 Å².